The number of carboxylic acid groups (broad SMARTS) is 1. The molecule has 1 aliphatic heterocycles. The number of hydrogen-bond donors (Lipinski definition) is 1. The predicted molar refractivity (Wildman–Crippen MR) is 92.3 cm³/mol. The predicted octanol–water partition coefficient (Wildman–Crippen LogP) is 4.11. The molecule has 2 aromatic rings. The fourth-order valence-electron chi connectivity index (χ4n) is 3.40. The molecule has 1 amide bonds. The summed E-state index contributed by atoms with van der Waals surface area (Å²) in [5, 5.41) is 10.5. The Morgan fingerprint density at radius 1 is 1.12 bits per heavy atom. The van der Waals surface area contributed by atoms with Crippen LogP contribution in [-0.2, 0) is 4.79 Å². The summed E-state index contributed by atoms with van der Waals surface area (Å²) < 4.78 is 0. The molecule has 24 heavy (non-hydrogen) atoms. The maximum atomic E-state index is 13.0. The number of amides is 1. The molecule has 1 aliphatic rings. The third kappa shape index (κ3) is 2.67. The van der Waals surface area contributed by atoms with Crippen molar-refractivity contribution in [1.82, 2.24) is 4.90 Å². The first kappa shape index (κ1) is 16.5. The van der Waals surface area contributed by atoms with Gasteiger partial charge >= 0.3 is 5.97 Å². The van der Waals surface area contributed by atoms with Crippen molar-refractivity contribution in [3.63, 3.8) is 0 Å². The smallest absolute Gasteiger partial charge is 0.313 e. The van der Waals surface area contributed by atoms with Gasteiger partial charge in [-0.3, -0.25) is 9.59 Å². The van der Waals surface area contributed by atoms with E-state index in [-0.39, 0.29) is 11.9 Å². The lowest BCUT2D eigenvalue weighted by Gasteiger charge is -2.43. The second-order valence-corrected chi connectivity index (χ2v) is 6.64. The van der Waals surface area contributed by atoms with Crippen LogP contribution < -0.4 is 0 Å². The first-order valence-corrected chi connectivity index (χ1v) is 8.19. The summed E-state index contributed by atoms with van der Waals surface area (Å²) in [7, 11) is 0. The molecule has 4 nitrogen and oxygen atoms in total. The average molecular weight is 344 g/mol. The van der Waals surface area contributed by atoms with Crippen LogP contribution in [0.3, 0.4) is 0 Å². The van der Waals surface area contributed by atoms with Crippen LogP contribution in [0.1, 0.15) is 47.3 Å². The first-order valence-electron chi connectivity index (χ1n) is 7.81. The zero-order valence-corrected chi connectivity index (χ0v) is 14.2. The number of carbonyl (C=O) groups excluding carboxylic acids is 1. The van der Waals surface area contributed by atoms with E-state index in [0.717, 1.165) is 5.56 Å². The van der Waals surface area contributed by atoms with E-state index in [1.54, 1.807) is 53.4 Å². The van der Waals surface area contributed by atoms with Crippen LogP contribution in [0.25, 0.3) is 0 Å². The van der Waals surface area contributed by atoms with E-state index in [1.165, 1.54) is 0 Å². The number of rotatable bonds is 3. The molecule has 0 radical (unpaired) electrons. The number of hydrogen-bond acceptors (Lipinski definition) is 2. The Kier molecular flexibility index (Phi) is 4.33. The van der Waals surface area contributed by atoms with Gasteiger partial charge in [-0.2, -0.15) is 0 Å². The highest BCUT2D eigenvalue weighted by molar-refractivity contribution is 6.30. The van der Waals surface area contributed by atoms with Gasteiger partial charge in [0, 0.05) is 16.6 Å². The molecule has 0 aromatic heterocycles. The van der Waals surface area contributed by atoms with Crippen molar-refractivity contribution in [2.45, 2.75) is 31.8 Å². The molecule has 0 saturated carbocycles. The van der Waals surface area contributed by atoms with Crippen LogP contribution >= 0.6 is 11.6 Å². The van der Waals surface area contributed by atoms with Crippen LogP contribution in [0.2, 0.25) is 5.02 Å². The quantitative estimate of drug-likeness (QED) is 0.912. The van der Waals surface area contributed by atoms with Gasteiger partial charge in [-0.25, -0.2) is 0 Å². The number of benzene rings is 2. The maximum absolute atomic E-state index is 13.0. The zero-order chi connectivity index (χ0) is 17.4. The standard InChI is InChI=1S/C19H18ClNO3/c1-11(2)21-17(12-7-9-13(20)10-8-12)16(19(23)24)14-5-3-4-6-15(14)18(21)22/h3-11,16-17H,1-2H3,(H,23,24)/t16-,17-/m1/s1. The first-order chi connectivity index (χ1) is 11.4. The maximum Gasteiger partial charge on any atom is 0.313 e. The Hall–Kier alpha value is -2.33. The van der Waals surface area contributed by atoms with Crippen molar-refractivity contribution in [2.24, 2.45) is 0 Å². The summed E-state index contributed by atoms with van der Waals surface area (Å²) >= 11 is 5.96. The molecule has 1 N–H and O–H groups in total. The van der Waals surface area contributed by atoms with Gasteiger partial charge in [-0.15, -0.1) is 0 Å². The molecule has 5 heteroatoms. The molecule has 0 fully saturated rings. The van der Waals surface area contributed by atoms with Gasteiger partial charge in [0.25, 0.3) is 5.91 Å². The van der Waals surface area contributed by atoms with Crippen molar-refractivity contribution in [3.8, 4) is 0 Å². The number of nitrogens with zero attached hydrogens (tertiary/aromatic N) is 1. The highest BCUT2D eigenvalue weighted by Gasteiger charge is 2.45. The molecule has 0 bridgehead atoms. The van der Waals surface area contributed by atoms with Crippen molar-refractivity contribution in [3.05, 3.63) is 70.2 Å². The lowest BCUT2D eigenvalue weighted by molar-refractivity contribution is -0.140. The number of fused-ring (bicyclic) bond motifs is 1. The second-order valence-electron chi connectivity index (χ2n) is 6.21. The molecule has 1 heterocycles. The van der Waals surface area contributed by atoms with Crippen LogP contribution in [0.15, 0.2) is 48.5 Å². The molecule has 0 aliphatic carbocycles. The third-order valence-electron chi connectivity index (χ3n) is 4.41. The number of carboxylic acids is 1. The molecule has 2 aromatic carbocycles. The average Bonchev–Trinajstić information content (AvgIpc) is 2.54. The van der Waals surface area contributed by atoms with E-state index >= 15 is 0 Å². The summed E-state index contributed by atoms with van der Waals surface area (Å²) in [6.07, 6.45) is 0. The SMILES string of the molecule is CC(C)N1C(=O)c2ccccc2[C@@H](C(=O)O)[C@H]1c1ccc(Cl)cc1. The minimum atomic E-state index is -0.944. The summed E-state index contributed by atoms with van der Waals surface area (Å²) in [6, 6.07) is 13.3. The minimum absolute atomic E-state index is 0.131. The molecule has 0 saturated heterocycles. The van der Waals surface area contributed by atoms with Crippen molar-refractivity contribution in [1.29, 1.82) is 0 Å². The molecule has 2 atom stereocenters. The fourth-order valence-corrected chi connectivity index (χ4v) is 3.52. The monoisotopic (exact) mass is 343 g/mol. The number of aliphatic carboxylic acids is 1. The lowest BCUT2D eigenvalue weighted by Crippen LogP contribution is -2.48. The second kappa shape index (κ2) is 6.29. The normalized spacial score (nSPS) is 20.2. The van der Waals surface area contributed by atoms with E-state index in [2.05, 4.69) is 0 Å². The van der Waals surface area contributed by atoms with E-state index in [4.69, 9.17) is 11.6 Å². The van der Waals surface area contributed by atoms with Gasteiger partial charge in [0.05, 0.1) is 6.04 Å². The van der Waals surface area contributed by atoms with E-state index in [1.807, 2.05) is 13.8 Å². The lowest BCUT2D eigenvalue weighted by atomic mass is 9.79. The largest absolute Gasteiger partial charge is 0.481 e. The van der Waals surface area contributed by atoms with Crippen molar-refractivity contribution < 1.29 is 14.7 Å². The molecular weight excluding hydrogens is 326 g/mol. The van der Waals surface area contributed by atoms with Crippen LogP contribution in [0.4, 0.5) is 0 Å². The van der Waals surface area contributed by atoms with Crippen molar-refractivity contribution >= 4 is 23.5 Å². The highest BCUT2D eigenvalue weighted by Crippen LogP contribution is 2.43. The summed E-state index contributed by atoms with van der Waals surface area (Å²) in [5.41, 5.74) is 1.79. The Bertz CT molecular complexity index is 785. The Morgan fingerprint density at radius 2 is 1.75 bits per heavy atom. The molecule has 3 rings (SSSR count). The van der Waals surface area contributed by atoms with Crippen molar-refractivity contribution in [2.75, 3.05) is 0 Å². The number of halogens is 1. The topological polar surface area (TPSA) is 57.6 Å². The molecule has 0 unspecified atom stereocenters. The Morgan fingerprint density at radius 3 is 2.33 bits per heavy atom. The molecule has 124 valence electrons. The van der Waals surface area contributed by atoms with Crippen LogP contribution in [0.5, 0.6) is 0 Å². The summed E-state index contributed by atoms with van der Waals surface area (Å²) in [4.78, 5) is 26.7. The van der Waals surface area contributed by atoms with Gasteiger partial charge in [0.1, 0.15) is 5.92 Å². The van der Waals surface area contributed by atoms with Crippen LogP contribution in [-0.4, -0.2) is 27.9 Å². The van der Waals surface area contributed by atoms with Gasteiger partial charge in [-0.1, -0.05) is 41.9 Å². The minimum Gasteiger partial charge on any atom is -0.481 e. The molecular formula is C19H18ClNO3. The van der Waals surface area contributed by atoms with Gasteiger partial charge in [0.2, 0.25) is 0 Å². The number of carbonyl (C=O) groups is 2. The highest BCUT2D eigenvalue weighted by atomic mass is 35.5. The molecule has 0 spiro atoms. The Labute approximate surface area is 145 Å². The Balaban J connectivity index is 2.24. The van der Waals surface area contributed by atoms with Gasteiger partial charge in [0.15, 0.2) is 0 Å². The van der Waals surface area contributed by atoms with E-state index in [9.17, 15) is 14.7 Å². The van der Waals surface area contributed by atoms with E-state index in [0.29, 0.717) is 16.1 Å². The fraction of sp³-hybridized carbons (Fsp3) is 0.263. The summed E-state index contributed by atoms with van der Waals surface area (Å²) in [5.74, 6) is -1.90. The van der Waals surface area contributed by atoms with Gasteiger partial charge < -0.3 is 10.0 Å². The van der Waals surface area contributed by atoms with Gasteiger partial charge in [-0.05, 0) is 43.2 Å². The third-order valence-corrected chi connectivity index (χ3v) is 4.66. The zero-order valence-electron chi connectivity index (χ0n) is 13.4. The van der Waals surface area contributed by atoms with Crippen LogP contribution in [0, 0.1) is 0 Å². The summed E-state index contributed by atoms with van der Waals surface area (Å²) in [6.45, 7) is 3.79. The van der Waals surface area contributed by atoms with E-state index < -0.39 is 17.9 Å².